The summed E-state index contributed by atoms with van der Waals surface area (Å²) in [5, 5.41) is 0. The molecule has 0 N–H and O–H groups in total. The van der Waals surface area contributed by atoms with E-state index in [1.165, 1.54) is 57.8 Å². The van der Waals surface area contributed by atoms with E-state index in [4.69, 9.17) is 12.5 Å². The fraction of sp³-hybridized carbons (Fsp3) is 1.00. The molecule has 0 aliphatic carbocycles. The van der Waals surface area contributed by atoms with Crippen LogP contribution in [0.5, 0.6) is 0 Å². The van der Waals surface area contributed by atoms with Crippen LogP contribution in [0.25, 0.3) is 0 Å². The summed E-state index contributed by atoms with van der Waals surface area (Å²) < 4.78 is 18.0. The molecular weight excluding hydrogens is 308 g/mol. The molecule has 142 valence electrons. The van der Waals surface area contributed by atoms with Gasteiger partial charge in [-0.1, -0.05) is 58.8 Å². The molecule has 0 radical (unpaired) electrons. The lowest BCUT2D eigenvalue weighted by Crippen LogP contribution is -2.22. The SMILES string of the molecule is CCCCCCCC(CCCC)CS(OCC)(OCC)OCC. The summed E-state index contributed by atoms with van der Waals surface area (Å²) in [7, 11) is -1.82. The topological polar surface area (TPSA) is 27.7 Å². The van der Waals surface area contributed by atoms with Crippen molar-refractivity contribution in [3.63, 3.8) is 0 Å². The fourth-order valence-electron chi connectivity index (χ4n) is 2.91. The minimum absolute atomic E-state index is 0.659. The average Bonchev–Trinajstić information content (AvgIpc) is 2.53. The highest BCUT2D eigenvalue weighted by molar-refractivity contribution is 8.21. The van der Waals surface area contributed by atoms with Crippen molar-refractivity contribution in [2.45, 2.75) is 92.4 Å². The van der Waals surface area contributed by atoms with E-state index >= 15 is 0 Å². The van der Waals surface area contributed by atoms with Gasteiger partial charge in [0, 0.05) is 5.75 Å². The summed E-state index contributed by atoms with van der Waals surface area (Å²) in [6.07, 6.45) is 11.8. The highest BCUT2D eigenvalue weighted by Gasteiger charge is 2.30. The molecule has 0 spiro atoms. The molecule has 0 aromatic carbocycles. The minimum Gasteiger partial charge on any atom is -0.293 e. The summed E-state index contributed by atoms with van der Waals surface area (Å²) in [6, 6.07) is 0. The molecule has 0 bridgehead atoms. The van der Waals surface area contributed by atoms with Crippen molar-refractivity contribution in [2.24, 2.45) is 5.92 Å². The number of hydrogen-bond donors (Lipinski definition) is 0. The third-order valence-corrected chi connectivity index (χ3v) is 6.68. The molecule has 0 amide bonds. The summed E-state index contributed by atoms with van der Waals surface area (Å²) in [6.45, 7) is 12.6. The largest absolute Gasteiger partial charge is 0.293 e. The van der Waals surface area contributed by atoms with Gasteiger partial charge in [0.25, 0.3) is 0 Å². The lowest BCUT2D eigenvalue weighted by molar-refractivity contribution is 0.180. The fourth-order valence-corrected chi connectivity index (χ4v) is 5.39. The first-order chi connectivity index (χ1) is 11.2. The van der Waals surface area contributed by atoms with Crippen LogP contribution in [0, 0.1) is 5.92 Å². The third-order valence-electron chi connectivity index (χ3n) is 4.01. The Morgan fingerprint density at radius 1 is 0.609 bits per heavy atom. The van der Waals surface area contributed by atoms with Crippen LogP contribution in [0.2, 0.25) is 0 Å². The first-order valence-corrected chi connectivity index (χ1v) is 11.5. The predicted octanol–water partition coefficient (Wildman–Crippen LogP) is 6.81. The van der Waals surface area contributed by atoms with E-state index in [0.717, 1.165) is 5.75 Å². The van der Waals surface area contributed by atoms with Crippen molar-refractivity contribution >= 4 is 10.9 Å². The van der Waals surface area contributed by atoms with Gasteiger partial charge in [-0.15, -0.1) is 0 Å². The molecule has 0 aliphatic rings. The van der Waals surface area contributed by atoms with Crippen molar-refractivity contribution in [2.75, 3.05) is 25.6 Å². The highest BCUT2D eigenvalue weighted by atomic mass is 32.3. The van der Waals surface area contributed by atoms with Crippen LogP contribution in [0.1, 0.15) is 92.4 Å². The maximum Gasteiger partial charge on any atom is 0.0890 e. The van der Waals surface area contributed by atoms with Crippen molar-refractivity contribution < 1.29 is 12.5 Å². The second kappa shape index (κ2) is 15.7. The molecule has 0 aromatic heterocycles. The molecular formula is C19H42O3S. The molecule has 0 saturated heterocycles. The van der Waals surface area contributed by atoms with Gasteiger partial charge in [0.1, 0.15) is 0 Å². The normalized spacial score (nSPS) is 14.1. The van der Waals surface area contributed by atoms with Crippen molar-refractivity contribution in [1.82, 2.24) is 0 Å². The van der Waals surface area contributed by atoms with E-state index in [2.05, 4.69) is 13.8 Å². The molecule has 0 aromatic rings. The standard InChI is InChI=1S/C19H42O3S/c1-6-11-13-14-15-17-19(16-12-7-2)18-23(20-8-3,21-9-4)22-10-5/h19H,6-18H2,1-5H3. The van der Waals surface area contributed by atoms with Gasteiger partial charge < -0.3 is 0 Å². The van der Waals surface area contributed by atoms with Crippen LogP contribution in [-0.4, -0.2) is 25.6 Å². The van der Waals surface area contributed by atoms with E-state index in [1.807, 2.05) is 20.8 Å². The number of hydrogen-bond acceptors (Lipinski definition) is 3. The van der Waals surface area contributed by atoms with Gasteiger partial charge in [0.2, 0.25) is 0 Å². The van der Waals surface area contributed by atoms with Gasteiger partial charge >= 0.3 is 0 Å². The van der Waals surface area contributed by atoms with Gasteiger partial charge in [-0.25, -0.2) is 0 Å². The lowest BCUT2D eigenvalue weighted by atomic mass is 9.97. The highest BCUT2D eigenvalue weighted by Crippen LogP contribution is 2.53. The zero-order valence-corrected chi connectivity index (χ0v) is 17.2. The quantitative estimate of drug-likeness (QED) is 0.270. The van der Waals surface area contributed by atoms with Gasteiger partial charge in [-0.2, -0.15) is 0 Å². The van der Waals surface area contributed by atoms with Crippen molar-refractivity contribution in [3.8, 4) is 0 Å². The number of unbranched alkanes of at least 4 members (excludes halogenated alkanes) is 5. The molecule has 23 heavy (non-hydrogen) atoms. The summed E-state index contributed by atoms with van der Waals surface area (Å²) >= 11 is 0. The Morgan fingerprint density at radius 2 is 1.09 bits per heavy atom. The van der Waals surface area contributed by atoms with E-state index in [-0.39, 0.29) is 0 Å². The Labute approximate surface area is 147 Å². The first kappa shape index (κ1) is 23.2. The second-order valence-corrected chi connectivity index (χ2v) is 8.31. The molecule has 1 unspecified atom stereocenters. The first-order valence-electron chi connectivity index (χ1n) is 9.91. The smallest absolute Gasteiger partial charge is 0.0890 e. The Kier molecular flexibility index (Phi) is 15.9. The Balaban J connectivity index is 4.61. The molecule has 3 nitrogen and oxygen atoms in total. The second-order valence-electron chi connectivity index (χ2n) is 6.16. The van der Waals surface area contributed by atoms with Crippen LogP contribution < -0.4 is 0 Å². The van der Waals surface area contributed by atoms with Crippen molar-refractivity contribution in [1.29, 1.82) is 0 Å². The van der Waals surface area contributed by atoms with E-state index in [1.54, 1.807) is 0 Å². The van der Waals surface area contributed by atoms with Crippen LogP contribution in [-0.2, 0) is 12.5 Å². The van der Waals surface area contributed by atoms with Gasteiger partial charge in [0.15, 0.2) is 0 Å². The lowest BCUT2D eigenvalue weighted by Gasteiger charge is -2.39. The van der Waals surface area contributed by atoms with Crippen LogP contribution in [0.4, 0.5) is 0 Å². The summed E-state index contributed by atoms with van der Waals surface area (Å²) in [4.78, 5) is 0. The molecule has 0 heterocycles. The van der Waals surface area contributed by atoms with Gasteiger partial charge in [0.05, 0.1) is 30.7 Å². The van der Waals surface area contributed by atoms with Crippen LogP contribution in [0.3, 0.4) is 0 Å². The Hall–Kier alpha value is 0.230. The monoisotopic (exact) mass is 350 g/mol. The molecule has 4 heteroatoms. The van der Waals surface area contributed by atoms with Gasteiger partial charge in [-0.3, -0.25) is 12.5 Å². The van der Waals surface area contributed by atoms with E-state index in [9.17, 15) is 0 Å². The zero-order valence-electron chi connectivity index (χ0n) is 16.4. The maximum absolute atomic E-state index is 6.00. The molecule has 0 rings (SSSR count). The summed E-state index contributed by atoms with van der Waals surface area (Å²) in [5.74, 6) is 1.60. The average molecular weight is 351 g/mol. The Bertz CT molecular complexity index is 232. The van der Waals surface area contributed by atoms with Gasteiger partial charge in [-0.05, 0) is 39.5 Å². The molecule has 1 atom stereocenters. The van der Waals surface area contributed by atoms with Crippen LogP contribution in [0.15, 0.2) is 0 Å². The number of rotatable bonds is 17. The summed E-state index contributed by atoms with van der Waals surface area (Å²) in [5.41, 5.74) is 0. The third kappa shape index (κ3) is 11.4. The Morgan fingerprint density at radius 3 is 1.57 bits per heavy atom. The maximum atomic E-state index is 6.00. The van der Waals surface area contributed by atoms with E-state index in [0.29, 0.717) is 25.7 Å². The minimum atomic E-state index is -1.82. The molecule has 0 fully saturated rings. The molecule has 0 aliphatic heterocycles. The van der Waals surface area contributed by atoms with Crippen molar-refractivity contribution in [3.05, 3.63) is 0 Å². The predicted molar refractivity (Wildman–Crippen MR) is 104 cm³/mol. The molecule has 0 saturated carbocycles. The zero-order chi connectivity index (χ0) is 17.4. The van der Waals surface area contributed by atoms with Crippen LogP contribution >= 0.6 is 10.9 Å². The van der Waals surface area contributed by atoms with E-state index < -0.39 is 10.9 Å².